The summed E-state index contributed by atoms with van der Waals surface area (Å²) in [6, 6.07) is 0. The zero-order valence-electron chi connectivity index (χ0n) is 17.6. The minimum absolute atomic E-state index is 0. The molecule has 0 rings (SSSR count). The van der Waals surface area contributed by atoms with Gasteiger partial charge in [0.05, 0.1) is 0 Å². The van der Waals surface area contributed by atoms with Crippen molar-refractivity contribution in [2.75, 3.05) is 27.2 Å². The number of nitrogens with zero attached hydrogens (tertiary/aromatic N) is 1. The smallest absolute Gasteiger partial charge is 0.248 e. The molecule has 25 heavy (non-hydrogen) atoms. The average Bonchev–Trinajstić information content (AvgIpc) is 2.55. The molecule has 1 amide bonds. The zero-order chi connectivity index (χ0) is 18.6. The zero-order valence-corrected chi connectivity index (χ0v) is 18.4. The van der Waals surface area contributed by atoms with Gasteiger partial charge in [-0.2, -0.15) is 0 Å². The van der Waals surface area contributed by atoms with Crippen molar-refractivity contribution in [2.45, 2.75) is 91.4 Å². The number of nitrogens with one attached hydrogen (secondary N) is 1. The summed E-state index contributed by atoms with van der Waals surface area (Å²) in [6.45, 7) is 11.7. The standard InChI is InChI=1S/C19H37NO.C2H7N.ClH/c1-5-7-8-9-10-11-12-13-14-15-17-20(16-6-2)19(21)18(3)4;1-3-2;/h3,5-17H2,1-2,4H3;3H,1-2H3;1H/p-1. The lowest BCUT2D eigenvalue weighted by atomic mass is 10.1. The monoisotopic (exact) mass is 375 g/mol. The van der Waals surface area contributed by atoms with E-state index >= 15 is 0 Å². The van der Waals surface area contributed by atoms with E-state index in [4.69, 9.17) is 0 Å². The molecular weight excluding hydrogens is 332 g/mol. The number of carbonyl (C=O) groups excluding carboxylic acids is 1. The van der Waals surface area contributed by atoms with Crippen molar-refractivity contribution in [3.8, 4) is 0 Å². The number of hydrogen-bond acceptors (Lipinski definition) is 2. The van der Waals surface area contributed by atoms with Crippen LogP contribution < -0.4 is 17.7 Å². The SMILES string of the molecule is C=C(C)C(=O)N(CCC)CCCCCCCCCCCC.CNC.[Cl-]. The van der Waals surface area contributed by atoms with Crippen molar-refractivity contribution in [2.24, 2.45) is 0 Å². The molecule has 0 aromatic rings. The normalized spacial score (nSPS) is 9.64. The van der Waals surface area contributed by atoms with Crippen LogP contribution in [0, 0.1) is 0 Å². The highest BCUT2D eigenvalue weighted by molar-refractivity contribution is 5.92. The second kappa shape index (κ2) is 23.5. The second-order valence-electron chi connectivity index (χ2n) is 6.75. The number of hydrogen-bond donors (Lipinski definition) is 1. The van der Waals surface area contributed by atoms with Gasteiger partial charge >= 0.3 is 0 Å². The molecule has 0 spiro atoms. The predicted molar refractivity (Wildman–Crippen MR) is 109 cm³/mol. The first-order chi connectivity index (χ1) is 11.5. The van der Waals surface area contributed by atoms with Crippen LogP contribution in [0.2, 0.25) is 0 Å². The summed E-state index contributed by atoms with van der Waals surface area (Å²) in [5.41, 5.74) is 0.663. The lowest BCUT2D eigenvalue weighted by Gasteiger charge is -2.22. The minimum Gasteiger partial charge on any atom is -1.00 e. The molecule has 0 bridgehead atoms. The maximum absolute atomic E-state index is 12.0. The first kappa shape index (κ1) is 29.2. The van der Waals surface area contributed by atoms with Gasteiger partial charge in [0.25, 0.3) is 0 Å². The van der Waals surface area contributed by atoms with Crippen molar-refractivity contribution in [3.63, 3.8) is 0 Å². The third-order valence-corrected chi connectivity index (χ3v) is 3.93. The summed E-state index contributed by atoms with van der Waals surface area (Å²) in [5, 5.41) is 2.75. The number of amides is 1. The van der Waals surface area contributed by atoms with Crippen LogP contribution in [0.1, 0.15) is 91.4 Å². The lowest BCUT2D eigenvalue weighted by molar-refractivity contribution is -0.127. The Hall–Kier alpha value is -0.540. The van der Waals surface area contributed by atoms with Crippen molar-refractivity contribution in [1.29, 1.82) is 0 Å². The van der Waals surface area contributed by atoms with Gasteiger partial charge in [-0.3, -0.25) is 4.79 Å². The Bertz CT molecular complexity index is 296. The fourth-order valence-corrected chi connectivity index (χ4v) is 2.64. The summed E-state index contributed by atoms with van der Waals surface area (Å²) in [6.07, 6.45) is 14.4. The Morgan fingerprint density at radius 3 is 1.56 bits per heavy atom. The molecule has 0 heterocycles. The molecule has 0 saturated carbocycles. The van der Waals surface area contributed by atoms with Gasteiger partial charge in [-0.15, -0.1) is 0 Å². The minimum atomic E-state index is 0. The Morgan fingerprint density at radius 2 is 1.20 bits per heavy atom. The number of rotatable bonds is 14. The molecule has 0 aliphatic rings. The van der Waals surface area contributed by atoms with E-state index in [1.165, 1.54) is 57.8 Å². The molecule has 0 aliphatic carbocycles. The van der Waals surface area contributed by atoms with Crippen molar-refractivity contribution in [3.05, 3.63) is 12.2 Å². The largest absolute Gasteiger partial charge is 1.00 e. The van der Waals surface area contributed by atoms with Gasteiger partial charge in [-0.05, 0) is 33.9 Å². The van der Waals surface area contributed by atoms with Gasteiger partial charge in [0.15, 0.2) is 0 Å². The maximum Gasteiger partial charge on any atom is 0.248 e. The summed E-state index contributed by atoms with van der Waals surface area (Å²) in [7, 11) is 3.75. The van der Waals surface area contributed by atoms with Gasteiger partial charge in [0.1, 0.15) is 0 Å². The number of halogens is 1. The van der Waals surface area contributed by atoms with E-state index in [1.807, 2.05) is 25.9 Å². The average molecular weight is 376 g/mol. The predicted octanol–water partition coefficient (Wildman–Crippen LogP) is 2.56. The fraction of sp³-hybridized carbons (Fsp3) is 0.857. The van der Waals surface area contributed by atoms with E-state index in [-0.39, 0.29) is 18.3 Å². The van der Waals surface area contributed by atoms with Crippen molar-refractivity contribution >= 4 is 5.91 Å². The second-order valence-corrected chi connectivity index (χ2v) is 6.75. The Labute approximate surface area is 164 Å². The van der Waals surface area contributed by atoms with Crippen LogP contribution in [0.15, 0.2) is 12.2 Å². The Morgan fingerprint density at radius 1 is 0.800 bits per heavy atom. The van der Waals surface area contributed by atoms with Crippen LogP contribution in [0.25, 0.3) is 0 Å². The summed E-state index contributed by atoms with van der Waals surface area (Å²) in [5.74, 6) is 0.132. The van der Waals surface area contributed by atoms with E-state index in [1.54, 1.807) is 0 Å². The molecule has 1 N–H and O–H groups in total. The van der Waals surface area contributed by atoms with Crippen LogP contribution in [0.4, 0.5) is 0 Å². The topological polar surface area (TPSA) is 32.3 Å². The third kappa shape index (κ3) is 21.4. The van der Waals surface area contributed by atoms with E-state index in [0.29, 0.717) is 5.57 Å². The Kier molecular flexibility index (Phi) is 27.4. The molecule has 0 saturated heterocycles. The summed E-state index contributed by atoms with van der Waals surface area (Å²) >= 11 is 0. The first-order valence-electron chi connectivity index (χ1n) is 10.1. The molecule has 0 atom stereocenters. The van der Waals surface area contributed by atoms with Crippen LogP contribution in [0.3, 0.4) is 0 Å². The number of carbonyl (C=O) groups is 1. The maximum atomic E-state index is 12.0. The molecule has 0 aromatic heterocycles. The highest BCUT2D eigenvalue weighted by Gasteiger charge is 2.12. The highest BCUT2D eigenvalue weighted by atomic mass is 35.5. The lowest BCUT2D eigenvalue weighted by Crippen LogP contribution is -3.00. The van der Waals surface area contributed by atoms with Crippen LogP contribution in [0.5, 0.6) is 0 Å². The van der Waals surface area contributed by atoms with Crippen molar-refractivity contribution < 1.29 is 17.2 Å². The third-order valence-electron chi connectivity index (χ3n) is 3.93. The molecule has 4 heteroatoms. The molecule has 152 valence electrons. The summed E-state index contributed by atoms with van der Waals surface area (Å²) in [4.78, 5) is 13.9. The fourth-order valence-electron chi connectivity index (χ4n) is 2.64. The van der Waals surface area contributed by atoms with Gasteiger partial charge in [0, 0.05) is 18.7 Å². The summed E-state index contributed by atoms with van der Waals surface area (Å²) < 4.78 is 0. The molecule has 0 aromatic carbocycles. The highest BCUT2D eigenvalue weighted by Crippen LogP contribution is 2.11. The molecule has 0 radical (unpaired) electrons. The van der Waals surface area contributed by atoms with E-state index in [9.17, 15) is 4.79 Å². The van der Waals surface area contributed by atoms with Gasteiger partial charge in [-0.25, -0.2) is 0 Å². The molecule has 0 unspecified atom stereocenters. The van der Waals surface area contributed by atoms with Gasteiger partial charge in [0.2, 0.25) is 5.91 Å². The quantitative estimate of drug-likeness (QED) is 0.374. The molecule has 0 aliphatic heterocycles. The molecule has 0 fully saturated rings. The number of unbranched alkanes of at least 4 members (excludes halogenated alkanes) is 9. The van der Waals surface area contributed by atoms with Crippen LogP contribution in [-0.2, 0) is 4.79 Å². The molecule has 3 nitrogen and oxygen atoms in total. The molecular formula is C21H44ClN2O-. The Balaban J connectivity index is -0.00000112. The van der Waals surface area contributed by atoms with E-state index < -0.39 is 0 Å². The van der Waals surface area contributed by atoms with Crippen LogP contribution in [-0.4, -0.2) is 38.0 Å². The van der Waals surface area contributed by atoms with E-state index in [2.05, 4.69) is 25.7 Å². The van der Waals surface area contributed by atoms with Gasteiger partial charge in [-0.1, -0.05) is 78.2 Å². The first-order valence-corrected chi connectivity index (χ1v) is 10.1. The van der Waals surface area contributed by atoms with Gasteiger partial charge < -0.3 is 22.6 Å². The van der Waals surface area contributed by atoms with E-state index in [0.717, 1.165) is 25.9 Å². The van der Waals surface area contributed by atoms with Crippen molar-refractivity contribution in [1.82, 2.24) is 10.2 Å². The van der Waals surface area contributed by atoms with Crippen LogP contribution >= 0.6 is 0 Å².